The molecule has 0 heterocycles. The number of hydrogen-bond donors (Lipinski definition) is 2. The molecule has 0 aliphatic rings. The van der Waals surface area contributed by atoms with Gasteiger partial charge >= 0.3 is 5.97 Å². The Morgan fingerprint density at radius 3 is 2.73 bits per heavy atom. The number of carbonyl (C=O) groups is 1. The standard InChI is InChI=1S/C9H9BrFNO3/c1-15-6-3-4(8(12)9(13)14)2-5(10)7(6)11/h2-3,8H,12H2,1H3,(H,13,14). The van der Waals surface area contributed by atoms with Gasteiger partial charge in [-0.1, -0.05) is 0 Å². The number of hydrogen-bond acceptors (Lipinski definition) is 3. The first kappa shape index (κ1) is 11.9. The Balaban J connectivity index is 3.22. The molecule has 1 unspecified atom stereocenters. The molecule has 4 nitrogen and oxygen atoms in total. The van der Waals surface area contributed by atoms with E-state index in [4.69, 9.17) is 15.6 Å². The van der Waals surface area contributed by atoms with E-state index in [-0.39, 0.29) is 15.8 Å². The van der Waals surface area contributed by atoms with Crippen LogP contribution in [-0.4, -0.2) is 18.2 Å². The van der Waals surface area contributed by atoms with Gasteiger partial charge in [-0.2, -0.15) is 0 Å². The predicted octanol–water partition coefficient (Wildman–Crippen LogP) is 1.68. The summed E-state index contributed by atoms with van der Waals surface area (Å²) in [6.45, 7) is 0. The van der Waals surface area contributed by atoms with Crippen molar-refractivity contribution in [3.8, 4) is 5.75 Å². The van der Waals surface area contributed by atoms with Gasteiger partial charge in [-0.15, -0.1) is 0 Å². The van der Waals surface area contributed by atoms with Crippen LogP contribution in [0.15, 0.2) is 16.6 Å². The van der Waals surface area contributed by atoms with Crippen LogP contribution in [0.4, 0.5) is 4.39 Å². The molecule has 0 radical (unpaired) electrons. The highest BCUT2D eigenvalue weighted by Crippen LogP contribution is 2.29. The van der Waals surface area contributed by atoms with E-state index in [1.165, 1.54) is 19.2 Å². The van der Waals surface area contributed by atoms with E-state index in [0.29, 0.717) is 0 Å². The van der Waals surface area contributed by atoms with Gasteiger partial charge in [0.2, 0.25) is 0 Å². The number of benzene rings is 1. The van der Waals surface area contributed by atoms with Crippen LogP contribution in [0.3, 0.4) is 0 Å². The van der Waals surface area contributed by atoms with Crippen molar-refractivity contribution in [2.75, 3.05) is 7.11 Å². The van der Waals surface area contributed by atoms with E-state index in [1.54, 1.807) is 0 Å². The zero-order chi connectivity index (χ0) is 11.6. The number of nitrogens with two attached hydrogens (primary N) is 1. The van der Waals surface area contributed by atoms with Crippen molar-refractivity contribution in [3.05, 3.63) is 28.0 Å². The van der Waals surface area contributed by atoms with E-state index in [9.17, 15) is 9.18 Å². The fourth-order valence-electron chi connectivity index (χ4n) is 1.05. The van der Waals surface area contributed by atoms with Crippen LogP contribution < -0.4 is 10.5 Å². The molecule has 0 aliphatic heterocycles. The number of carboxylic acid groups (broad SMARTS) is 1. The quantitative estimate of drug-likeness (QED) is 0.882. The Labute approximate surface area is 94.0 Å². The molecule has 1 rings (SSSR count). The van der Waals surface area contributed by atoms with Crippen molar-refractivity contribution in [2.24, 2.45) is 5.73 Å². The zero-order valence-corrected chi connectivity index (χ0v) is 9.42. The van der Waals surface area contributed by atoms with Crippen molar-refractivity contribution in [1.29, 1.82) is 0 Å². The average molecular weight is 278 g/mol. The first-order valence-electron chi connectivity index (χ1n) is 3.98. The van der Waals surface area contributed by atoms with Crippen molar-refractivity contribution in [3.63, 3.8) is 0 Å². The third-order valence-corrected chi connectivity index (χ3v) is 2.44. The molecule has 0 aromatic heterocycles. The second-order valence-electron chi connectivity index (χ2n) is 2.83. The summed E-state index contributed by atoms with van der Waals surface area (Å²) in [5, 5.41) is 8.68. The van der Waals surface area contributed by atoms with Crippen molar-refractivity contribution < 1.29 is 19.0 Å². The minimum Gasteiger partial charge on any atom is -0.494 e. The first-order chi connectivity index (χ1) is 6.97. The predicted molar refractivity (Wildman–Crippen MR) is 55.2 cm³/mol. The fraction of sp³-hybridized carbons (Fsp3) is 0.222. The monoisotopic (exact) mass is 277 g/mol. The van der Waals surface area contributed by atoms with E-state index in [0.717, 1.165) is 0 Å². The molecule has 3 N–H and O–H groups in total. The molecule has 0 spiro atoms. The molecule has 82 valence electrons. The Morgan fingerprint density at radius 2 is 2.27 bits per heavy atom. The third-order valence-electron chi connectivity index (χ3n) is 1.86. The Hall–Kier alpha value is -1.14. The molecular weight excluding hydrogens is 269 g/mol. The van der Waals surface area contributed by atoms with Gasteiger partial charge in [0.05, 0.1) is 11.6 Å². The van der Waals surface area contributed by atoms with E-state index >= 15 is 0 Å². The lowest BCUT2D eigenvalue weighted by molar-refractivity contribution is -0.138. The molecular formula is C9H9BrFNO3. The highest BCUT2D eigenvalue weighted by Gasteiger charge is 2.18. The van der Waals surface area contributed by atoms with Crippen LogP contribution >= 0.6 is 15.9 Å². The number of rotatable bonds is 3. The van der Waals surface area contributed by atoms with E-state index in [2.05, 4.69) is 15.9 Å². The van der Waals surface area contributed by atoms with Crippen molar-refractivity contribution in [2.45, 2.75) is 6.04 Å². The number of aliphatic carboxylic acids is 1. The fourth-order valence-corrected chi connectivity index (χ4v) is 1.51. The van der Waals surface area contributed by atoms with Crippen LogP contribution in [-0.2, 0) is 4.79 Å². The summed E-state index contributed by atoms with van der Waals surface area (Å²) in [6.07, 6.45) is 0. The first-order valence-corrected chi connectivity index (χ1v) is 4.78. The van der Waals surface area contributed by atoms with Crippen LogP contribution in [0.5, 0.6) is 5.75 Å². The highest BCUT2D eigenvalue weighted by atomic mass is 79.9. The molecule has 1 atom stereocenters. The summed E-state index contributed by atoms with van der Waals surface area (Å²) >= 11 is 2.95. The largest absolute Gasteiger partial charge is 0.494 e. The zero-order valence-electron chi connectivity index (χ0n) is 7.83. The second-order valence-corrected chi connectivity index (χ2v) is 3.69. The maximum atomic E-state index is 13.3. The Kier molecular flexibility index (Phi) is 3.65. The summed E-state index contributed by atoms with van der Waals surface area (Å²) in [5.74, 6) is -1.81. The molecule has 0 fully saturated rings. The minimum absolute atomic E-state index is 0.0453. The average Bonchev–Trinajstić information content (AvgIpc) is 2.20. The maximum absolute atomic E-state index is 13.3. The minimum atomic E-state index is -1.20. The smallest absolute Gasteiger partial charge is 0.325 e. The maximum Gasteiger partial charge on any atom is 0.325 e. The summed E-state index contributed by atoms with van der Waals surface area (Å²) < 4.78 is 18.1. The van der Waals surface area contributed by atoms with E-state index in [1.807, 2.05) is 0 Å². The van der Waals surface area contributed by atoms with Gasteiger partial charge in [0.1, 0.15) is 6.04 Å². The molecule has 0 bridgehead atoms. The highest BCUT2D eigenvalue weighted by molar-refractivity contribution is 9.10. The lowest BCUT2D eigenvalue weighted by atomic mass is 10.1. The van der Waals surface area contributed by atoms with Gasteiger partial charge in [-0.3, -0.25) is 4.79 Å². The SMILES string of the molecule is COc1cc(C(N)C(=O)O)cc(Br)c1F. The van der Waals surface area contributed by atoms with Crippen LogP contribution in [0, 0.1) is 5.82 Å². The van der Waals surface area contributed by atoms with Gasteiger partial charge in [0.25, 0.3) is 0 Å². The number of methoxy groups -OCH3 is 1. The van der Waals surface area contributed by atoms with E-state index < -0.39 is 17.8 Å². The van der Waals surface area contributed by atoms with Crippen LogP contribution in [0.2, 0.25) is 0 Å². The summed E-state index contributed by atoms with van der Waals surface area (Å²) in [6, 6.07) is 1.38. The Morgan fingerprint density at radius 1 is 1.67 bits per heavy atom. The summed E-state index contributed by atoms with van der Waals surface area (Å²) in [5.41, 5.74) is 5.65. The molecule has 15 heavy (non-hydrogen) atoms. The van der Waals surface area contributed by atoms with Crippen LogP contribution in [0.1, 0.15) is 11.6 Å². The lowest BCUT2D eigenvalue weighted by Crippen LogP contribution is -2.20. The topological polar surface area (TPSA) is 72.5 Å². The molecule has 0 amide bonds. The molecule has 1 aromatic rings. The van der Waals surface area contributed by atoms with Crippen LogP contribution in [0.25, 0.3) is 0 Å². The second kappa shape index (κ2) is 4.59. The molecule has 0 aliphatic carbocycles. The van der Waals surface area contributed by atoms with Crippen molar-refractivity contribution >= 4 is 21.9 Å². The summed E-state index contributed by atoms with van der Waals surface area (Å²) in [7, 11) is 1.29. The molecule has 0 saturated carbocycles. The molecule has 6 heteroatoms. The molecule has 1 aromatic carbocycles. The van der Waals surface area contributed by atoms with Gasteiger partial charge in [-0.25, -0.2) is 4.39 Å². The molecule has 0 saturated heterocycles. The van der Waals surface area contributed by atoms with Gasteiger partial charge in [0, 0.05) is 0 Å². The normalized spacial score (nSPS) is 12.3. The Bertz CT molecular complexity index is 397. The van der Waals surface area contributed by atoms with Crippen molar-refractivity contribution in [1.82, 2.24) is 0 Å². The summed E-state index contributed by atoms with van der Waals surface area (Å²) in [4.78, 5) is 10.6. The number of halogens is 2. The lowest BCUT2D eigenvalue weighted by Gasteiger charge is -2.10. The van der Waals surface area contributed by atoms with Gasteiger partial charge < -0.3 is 15.6 Å². The number of ether oxygens (including phenoxy) is 1. The van der Waals surface area contributed by atoms with Gasteiger partial charge in [-0.05, 0) is 33.6 Å². The van der Waals surface area contributed by atoms with Gasteiger partial charge in [0.15, 0.2) is 11.6 Å². The number of carboxylic acids is 1. The third kappa shape index (κ3) is 2.45.